The van der Waals surface area contributed by atoms with Crippen molar-refractivity contribution < 1.29 is 67.0 Å². The number of nitrogens with zero attached hydrogens (tertiary/aromatic N) is 5. The number of carbonyl (C=O) groups excluding carboxylic acids is 11. The number of nitrogens with one attached hydrogen (secondary N) is 9. The Labute approximate surface area is 593 Å². The standard InChI is InChI=1S/C69H101N15O14S2/c1-15-41(6)56(52(96-12)34-53(86)84-31-20-24-51(84)57(97-13)42(7)58(87)79-49(63-71-30-32-100-63)33-44-21-17-16-18-22-44)83(11)64(92)55(40(4)5)81-65(93)69(9,10)82-68(95)98-38-45-25-27-47(28-26-45)77-60(89)48(23-19-29-72-66(70)94)78-62(91)54(39(2)3)80-61(90)50(76-43(8)85)37-73-59(88)46-35-74-67(99-14)75-36-46/h16-18,21-22,25-28,30,32,35-36,39-42,48-52,54-57H,15,19-20,23-24,29,31,33-34,37-38H2,1-14H3,(H,73,88)(H,76,85)(H,77,89)(H,78,91)(H,79,87)(H,80,90)(H,81,93)(H,82,95)(H3,70,72,94)/t41-,42+,48-,49-,50-,51-,52+,54-,55-,56-,57+/m0/s1. The summed E-state index contributed by atoms with van der Waals surface area (Å²) in [5.41, 5.74) is 5.56. The quantitative estimate of drug-likeness (QED) is 0.0164. The van der Waals surface area contributed by atoms with Crippen molar-refractivity contribution in [3.8, 4) is 0 Å². The van der Waals surface area contributed by atoms with Crippen LogP contribution in [-0.4, -0.2) is 191 Å². The second-order valence-electron chi connectivity index (χ2n) is 26.1. The summed E-state index contributed by atoms with van der Waals surface area (Å²) >= 11 is 2.74. The zero-order chi connectivity index (χ0) is 74.0. The van der Waals surface area contributed by atoms with Crippen LogP contribution in [0, 0.1) is 23.7 Å². The zero-order valence-electron chi connectivity index (χ0n) is 59.6. The number of hydrogen-bond donors (Lipinski definition) is 10. The Morgan fingerprint density at radius 3 is 2.03 bits per heavy atom. The van der Waals surface area contributed by atoms with E-state index < -0.39 is 125 Å². The molecule has 29 nitrogen and oxygen atoms in total. The SMILES string of the molecule is CC[C@H](C)[C@@H]([C@@H](CC(=O)N1CCC[C@H]1[C@H](OC)[C@@H](C)C(=O)N[C@@H](Cc1ccccc1)c1nccs1)OC)N(C)C(=O)[C@@H](NC(=O)C(C)(C)NC(=O)OCc1ccc(NC(=O)[C@H](CCCNC(N)=O)NC(=O)[C@@H](NC(=O)[C@H](CNC(=O)c2cnc(SC)nc2)NC(C)=O)C(C)C)cc1)C(C)C. The van der Waals surface area contributed by atoms with E-state index in [1.165, 1.54) is 80.4 Å². The molecule has 11 N–H and O–H groups in total. The first kappa shape index (κ1) is 81.9. The number of primary amides is 1. The van der Waals surface area contributed by atoms with Gasteiger partial charge in [0.1, 0.15) is 41.3 Å². The van der Waals surface area contributed by atoms with Crippen LogP contribution in [0.4, 0.5) is 15.3 Å². The van der Waals surface area contributed by atoms with Crippen molar-refractivity contribution in [2.45, 2.75) is 186 Å². The van der Waals surface area contributed by atoms with Crippen LogP contribution < -0.4 is 53.6 Å². The summed E-state index contributed by atoms with van der Waals surface area (Å²) < 4.78 is 17.7. The Hall–Kier alpha value is -8.81. The second kappa shape index (κ2) is 39.8. The third kappa shape index (κ3) is 24.5. The van der Waals surface area contributed by atoms with E-state index in [2.05, 4.69) is 62.8 Å². The molecule has 2 aromatic carbocycles. The van der Waals surface area contributed by atoms with Gasteiger partial charge in [0.25, 0.3) is 5.91 Å². The minimum absolute atomic E-state index is 0.00581. The third-order valence-electron chi connectivity index (χ3n) is 17.5. The minimum Gasteiger partial charge on any atom is -0.445 e. The molecule has 1 saturated heterocycles. The molecule has 4 aromatic rings. The van der Waals surface area contributed by atoms with Crippen molar-refractivity contribution >= 4 is 94.1 Å². The van der Waals surface area contributed by atoms with Gasteiger partial charge in [-0.25, -0.2) is 24.5 Å². The van der Waals surface area contributed by atoms with Crippen molar-refractivity contribution in [1.82, 2.24) is 67.3 Å². The van der Waals surface area contributed by atoms with Crippen LogP contribution in [0.5, 0.6) is 0 Å². The molecule has 0 spiro atoms. The lowest BCUT2D eigenvalue weighted by atomic mass is 9.89. The van der Waals surface area contributed by atoms with Crippen molar-refractivity contribution in [3.63, 3.8) is 0 Å². The number of carbonyl (C=O) groups is 11. The van der Waals surface area contributed by atoms with Crippen molar-refractivity contribution in [1.29, 1.82) is 0 Å². The smallest absolute Gasteiger partial charge is 0.408 e. The maximum absolute atomic E-state index is 14.8. The average molecular weight is 1430 g/mol. The topological polar surface area (TPSA) is 395 Å². The molecule has 1 aliphatic heterocycles. The van der Waals surface area contributed by atoms with E-state index in [9.17, 15) is 52.7 Å². The molecule has 0 radical (unpaired) electrons. The maximum Gasteiger partial charge on any atom is 0.408 e. The number of hydrogen-bond acceptors (Lipinski definition) is 19. The lowest BCUT2D eigenvalue weighted by Gasteiger charge is -2.41. The predicted molar refractivity (Wildman–Crippen MR) is 378 cm³/mol. The highest BCUT2D eigenvalue weighted by atomic mass is 32.2. The summed E-state index contributed by atoms with van der Waals surface area (Å²) in [7, 11) is 4.67. The summed E-state index contributed by atoms with van der Waals surface area (Å²) in [6.07, 6.45) is 6.30. The first-order valence-electron chi connectivity index (χ1n) is 33.5. The lowest BCUT2D eigenvalue weighted by Crippen LogP contribution is -2.62. The number of likely N-dealkylation sites (tertiary alicyclic amines) is 1. The Morgan fingerprint density at radius 1 is 0.780 bits per heavy atom. The maximum atomic E-state index is 14.8. The molecule has 548 valence electrons. The molecular formula is C69H101N15O14S2. The molecule has 2 aromatic heterocycles. The Bertz CT molecular complexity index is 3370. The fourth-order valence-electron chi connectivity index (χ4n) is 11.7. The van der Waals surface area contributed by atoms with Gasteiger partial charge >= 0.3 is 12.1 Å². The Kier molecular flexibility index (Phi) is 32.6. The number of amides is 12. The van der Waals surface area contributed by atoms with Gasteiger partial charge in [0.15, 0.2) is 5.16 Å². The number of ether oxygens (including phenoxy) is 3. The van der Waals surface area contributed by atoms with Crippen LogP contribution >= 0.6 is 23.1 Å². The lowest BCUT2D eigenvalue weighted by molar-refractivity contribution is -0.148. The number of thiazole rings is 1. The van der Waals surface area contributed by atoms with E-state index in [1.807, 2.05) is 49.6 Å². The van der Waals surface area contributed by atoms with Crippen LogP contribution in [0.15, 0.2) is 83.7 Å². The number of urea groups is 1. The molecule has 1 fully saturated rings. The largest absolute Gasteiger partial charge is 0.445 e. The van der Waals surface area contributed by atoms with Gasteiger partial charge in [0.05, 0.1) is 48.2 Å². The van der Waals surface area contributed by atoms with Gasteiger partial charge in [-0.1, -0.05) is 109 Å². The molecule has 12 amide bonds. The normalized spacial score (nSPS) is 16.0. The fourth-order valence-corrected chi connectivity index (χ4v) is 12.7. The summed E-state index contributed by atoms with van der Waals surface area (Å²) in [5.74, 6) is -6.81. The van der Waals surface area contributed by atoms with E-state index >= 15 is 0 Å². The van der Waals surface area contributed by atoms with Gasteiger partial charge in [0.2, 0.25) is 47.3 Å². The number of benzene rings is 2. The number of thioether (sulfide) groups is 1. The minimum atomic E-state index is -1.61. The predicted octanol–water partition coefficient (Wildman–Crippen LogP) is 4.77. The molecule has 0 aliphatic carbocycles. The van der Waals surface area contributed by atoms with Gasteiger partial charge in [-0.05, 0) is 93.2 Å². The number of anilines is 1. The summed E-state index contributed by atoms with van der Waals surface area (Å²) in [5, 5.41) is 27.3. The van der Waals surface area contributed by atoms with Gasteiger partial charge in [-0.2, -0.15) is 0 Å². The third-order valence-corrected chi connectivity index (χ3v) is 18.9. The highest BCUT2D eigenvalue weighted by molar-refractivity contribution is 7.98. The number of aromatic nitrogens is 3. The molecule has 100 heavy (non-hydrogen) atoms. The Morgan fingerprint density at radius 2 is 1.45 bits per heavy atom. The molecule has 0 saturated carbocycles. The van der Waals surface area contributed by atoms with Crippen LogP contribution in [0.2, 0.25) is 0 Å². The van der Waals surface area contributed by atoms with Gasteiger partial charge in [-0.3, -0.25) is 43.2 Å². The van der Waals surface area contributed by atoms with Crippen LogP contribution in [0.1, 0.15) is 140 Å². The van der Waals surface area contributed by atoms with Crippen molar-refractivity contribution in [3.05, 3.63) is 100 Å². The van der Waals surface area contributed by atoms with E-state index in [4.69, 9.17) is 19.9 Å². The molecule has 1 aliphatic rings. The van der Waals surface area contributed by atoms with Gasteiger partial charge in [0, 0.05) is 77.5 Å². The second-order valence-corrected chi connectivity index (χ2v) is 27.8. The van der Waals surface area contributed by atoms with Crippen LogP contribution in [0.25, 0.3) is 0 Å². The van der Waals surface area contributed by atoms with E-state index in [-0.39, 0.29) is 74.0 Å². The molecule has 31 heteroatoms. The van der Waals surface area contributed by atoms with Gasteiger partial charge < -0.3 is 77.6 Å². The summed E-state index contributed by atoms with van der Waals surface area (Å²) in [4.78, 5) is 165. The van der Waals surface area contributed by atoms with Gasteiger partial charge in [-0.15, -0.1) is 11.3 Å². The number of likely N-dealkylation sites (N-methyl/N-ethyl adjacent to an activating group) is 1. The first-order chi connectivity index (χ1) is 47.4. The molecule has 11 atom stereocenters. The van der Waals surface area contributed by atoms with Crippen LogP contribution in [-0.2, 0) is 65.6 Å². The molecular weight excluding hydrogens is 1330 g/mol. The van der Waals surface area contributed by atoms with E-state index in [1.54, 1.807) is 78.3 Å². The number of alkyl carbamates (subject to hydrolysis) is 1. The molecule has 5 rings (SSSR count). The van der Waals surface area contributed by atoms with E-state index in [0.29, 0.717) is 42.9 Å². The zero-order valence-corrected chi connectivity index (χ0v) is 61.3. The highest BCUT2D eigenvalue weighted by Gasteiger charge is 2.44. The molecule has 3 heterocycles. The average Bonchev–Trinajstić information content (AvgIpc) is 1.46. The first-order valence-corrected chi connectivity index (χ1v) is 35.6. The number of nitrogens with two attached hydrogens (primary N) is 1. The fraction of sp³-hybridized carbons (Fsp3) is 0.565. The summed E-state index contributed by atoms with van der Waals surface area (Å²) in [6.45, 7) is 16.6. The monoisotopic (exact) mass is 1430 g/mol. The summed E-state index contributed by atoms with van der Waals surface area (Å²) in [6, 6.07) is 8.97. The molecule has 0 bridgehead atoms. The molecule has 0 unspecified atom stereocenters. The van der Waals surface area contributed by atoms with Crippen LogP contribution in [0.3, 0.4) is 0 Å². The Balaban J connectivity index is 1.18. The van der Waals surface area contributed by atoms with Crippen molar-refractivity contribution in [2.24, 2.45) is 29.4 Å². The van der Waals surface area contributed by atoms with Crippen molar-refractivity contribution in [2.75, 3.05) is 52.5 Å². The number of rotatable bonds is 38. The number of methoxy groups -OCH3 is 2. The van der Waals surface area contributed by atoms with E-state index in [0.717, 1.165) is 10.6 Å². The highest BCUT2D eigenvalue weighted by Crippen LogP contribution is 2.31.